The summed E-state index contributed by atoms with van der Waals surface area (Å²) in [4.78, 5) is 4.51. The fourth-order valence-corrected chi connectivity index (χ4v) is 4.10. The van der Waals surface area contributed by atoms with Crippen molar-refractivity contribution in [2.24, 2.45) is 4.99 Å². The SMILES string of the molecule is CCNC(=NCCCn1nc(C)cc1C)NCCS(=O)(=O)N(CC)CC.I. The van der Waals surface area contributed by atoms with Crippen molar-refractivity contribution in [2.75, 3.05) is 38.5 Å². The molecular formula is C17H35IN6O2S. The summed E-state index contributed by atoms with van der Waals surface area (Å²) in [6.07, 6.45) is 0.871. The van der Waals surface area contributed by atoms with E-state index in [0.717, 1.165) is 30.9 Å². The highest BCUT2D eigenvalue weighted by molar-refractivity contribution is 14.0. The summed E-state index contributed by atoms with van der Waals surface area (Å²) < 4.78 is 27.9. The number of halogens is 1. The van der Waals surface area contributed by atoms with Crippen LogP contribution in [0, 0.1) is 13.8 Å². The Kier molecular flexibility index (Phi) is 12.9. The predicted octanol–water partition coefficient (Wildman–Crippen LogP) is 1.73. The van der Waals surface area contributed by atoms with Gasteiger partial charge in [0.05, 0.1) is 11.4 Å². The molecule has 0 unspecified atom stereocenters. The Labute approximate surface area is 181 Å². The van der Waals surface area contributed by atoms with Crippen LogP contribution in [-0.2, 0) is 16.6 Å². The largest absolute Gasteiger partial charge is 0.357 e. The van der Waals surface area contributed by atoms with Crippen LogP contribution in [0.4, 0.5) is 0 Å². The van der Waals surface area contributed by atoms with Crippen molar-refractivity contribution in [1.82, 2.24) is 24.7 Å². The number of nitrogens with one attached hydrogen (secondary N) is 2. The average molecular weight is 514 g/mol. The summed E-state index contributed by atoms with van der Waals surface area (Å²) in [5.41, 5.74) is 2.17. The smallest absolute Gasteiger partial charge is 0.215 e. The van der Waals surface area contributed by atoms with Crippen LogP contribution in [-0.4, -0.2) is 66.9 Å². The molecule has 2 N–H and O–H groups in total. The molecule has 0 spiro atoms. The lowest BCUT2D eigenvalue weighted by atomic mass is 10.4. The van der Waals surface area contributed by atoms with Gasteiger partial charge in [-0.05, 0) is 33.3 Å². The maximum atomic E-state index is 12.2. The number of rotatable bonds is 11. The van der Waals surface area contributed by atoms with Gasteiger partial charge in [-0.1, -0.05) is 13.8 Å². The molecule has 0 saturated heterocycles. The molecule has 0 aliphatic carbocycles. The summed E-state index contributed by atoms with van der Waals surface area (Å²) in [7, 11) is -3.22. The standard InChI is InChI=1S/C17H34N6O2S.HI/c1-6-18-17(20-11-13-26(24,25)22(7-2)8-3)19-10-9-12-23-16(5)14-15(4)21-23;/h14H,6-13H2,1-5H3,(H2,18,19,20);1H. The molecule has 0 amide bonds. The fraction of sp³-hybridized carbons (Fsp3) is 0.765. The van der Waals surface area contributed by atoms with E-state index in [1.165, 1.54) is 4.31 Å². The average Bonchev–Trinajstić information content (AvgIpc) is 2.89. The Bertz CT molecular complexity index is 671. The van der Waals surface area contributed by atoms with Gasteiger partial charge in [-0.25, -0.2) is 12.7 Å². The van der Waals surface area contributed by atoms with Crippen molar-refractivity contribution < 1.29 is 8.42 Å². The maximum Gasteiger partial charge on any atom is 0.215 e. The van der Waals surface area contributed by atoms with Crippen LogP contribution in [0.25, 0.3) is 0 Å². The number of hydrogen-bond acceptors (Lipinski definition) is 4. The van der Waals surface area contributed by atoms with Gasteiger partial charge in [0.2, 0.25) is 10.0 Å². The minimum Gasteiger partial charge on any atom is -0.357 e. The zero-order valence-corrected chi connectivity index (χ0v) is 20.3. The van der Waals surface area contributed by atoms with Gasteiger partial charge in [-0.3, -0.25) is 9.67 Å². The molecule has 0 aliphatic heterocycles. The second kappa shape index (κ2) is 13.3. The Morgan fingerprint density at radius 3 is 2.41 bits per heavy atom. The van der Waals surface area contributed by atoms with Crippen LogP contribution in [0.3, 0.4) is 0 Å². The van der Waals surface area contributed by atoms with Crippen molar-refractivity contribution >= 4 is 40.0 Å². The van der Waals surface area contributed by atoms with Gasteiger partial charge in [0.15, 0.2) is 5.96 Å². The number of aryl methyl sites for hydroxylation is 3. The molecular weight excluding hydrogens is 479 g/mol. The third-order valence-corrected chi connectivity index (χ3v) is 6.02. The Morgan fingerprint density at radius 2 is 1.89 bits per heavy atom. The molecule has 158 valence electrons. The number of aromatic nitrogens is 2. The van der Waals surface area contributed by atoms with Gasteiger partial charge >= 0.3 is 0 Å². The third kappa shape index (κ3) is 9.24. The summed E-state index contributed by atoms with van der Waals surface area (Å²) in [5, 5.41) is 10.7. The van der Waals surface area contributed by atoms with E-state index in [4.69, 9.17) is 0 Å². The summed E-state index contributed by atoms with van der Waals surface area (Å²) in [6, 6.07) is 2.06. The van der Waals surface area contributed by atoms with E-state index in [-0.39, 0.29) is 29.7 Å². The van der Waals surface area contributed by atoms with E-state index in [1.807, 2.05) is 39.3 Å². The summed E-state index contributed by atoms with van der Waals surface area (Å²) in [6.45, 7) is 13.2. The Balaban J connectivity index is 0.00000676. The Morgan fingerprint density at radius 1 is 1.22 bits per heavy atom. The quantitative estimate of drug-likeness (QED) is 0.203. The van der Waals surface area contributed by atoms with Crippen molar-refractivity contribution in [3.63, 3.8) is 0 Å². The Hall–Kier alpha value is -0.880. The van der Waals surface area contributed by atoms with E-state index in [2.05, 4.69) is 26.8 Å². The minimum atomic E-state index is -3.22. The highest BCUT2D eigenvalue weighted by Gasteiger charge is 2.18. The van der Waals surface area contributed by atoms with Crippen LogP contribution in [0.2, 0.25) is 0 Å². The molecule has 1 heterocycles. The molecule has 27 heavy (non-hydrogen) atoms. The number of guanidine groups is 1. The fourth-order valence-electron chi connectivity index (χ4n) is 2.70. The second-order valence-electron chi connectivity index (χ2n) is 6.09. The molecule has 0 fully saturated rings. The molecule has 8 nitrogen and oxygen atoms in total. The highest BCUT2D eigenvalue weighted by atomic mass is 127. The molecule has 0 bridgehead atoms. The first-order valence-corrected chi connectivity index (χ1v) is 11.0. The number of hydrogen-bond donors (Lipinski definition) is 2. The lowest BCUT2D eigenvalue weighted by molar-refractivity contribution is 0.445. The van der Waals surface area contributed by atoms with Gasteiger partial charge in [-0.15, -0.1) is 24.0 Å². The van der Waals surface area contributed by atoms with Crippen molar-refractivity contribution in [3.8, 4) is 0 Å². The van der Waals surface area contributed by atoms with Gasteiger partial charge < -0.3 is 10.6 Å². The predicted molar refractivity (Wildman–Crippen MR) is 122 cm³/mol. The summed E-state index contributed by atoms with van der Waals surface area (Å²) in [5.74, 6) is 0.709. The molecule has 0 radical (unpaired) electrons. The molecule has 0 aromatic carbocycles. The first-order chi connectivity index (χ1) is 12.3. The van der Waals surface area contributed by atoms with E-state index in [1.54, 1.807) is 0 Å². The van der Waals surface area contributed by atoms with E-state index in [0.29, 0.717) is 32.1 Å². The highest BCUT2D eigenvalue weighted by Crippen LogP contribution is 2.03. The lowest BCUT2D eigenvalue weighted by Crippen LogP contribution is -2.42. The van der Waals surface area contributed by atoms with Crippen LogP contribution < -0.4 is 10.6 Å². The maximum absolute atomic E-state index is 12.2. The number of nitrogens with zero attached hydrogens (tertiary/aromatic N) is 4. The van der Waals surface area contributed by atoms with Gasteiger partial charge in [0.25, 0.3) is 0 Å². The molecule has 0 atom stereocenters. The zero-order chi connectivity index (χ0) is 19.6. The van der Waals surface area contributed by atoms with Crippen LogP contribution in [0.15, 0.2) is 11.1 Å². The molecule has 1 rings (SSSR count). The molecule has 0 saturated carbocycles. The number of sulfonamides is 1. The van der Waals surface area contributed by atoms with Crippen molar-refractivity contribution in [1.29, 1.82) is 0 Å². The van der Waals surface area contributed by atoms with Gasteiger partial charge in [0, 0.05) is 45.0 Å². The van der Waals surface area contributed by atoms with E-state index in [9.17, 15) is 8.42 Å². The van der Waals surface area contributed by atoms with Crippen molar-refractivity contribution in [3.05, 3.63) is 17.5 Å². The molecule has 1 aromatic heterocycles. The first kappa shape index (κ1) is 26.1. The lowest BCUT2D eigenvalue weighted by Gasteiger charge is -2.19. The minimum absolute atomic E-state index is 0. The molecule has 0 aliphatic rings. The van der Waals surface area contributed by atoms with Crippen LogP contribution in [0.5, 0.6) is 0 Å². The van der Waals surface area contributed by atoms with Gasteiger partial charge in [-0.2, -0.15) is 5.10 Å². The van der Waals surface area contributed by atoms with Crippen LogP contribution in [0.1, 0.15) is 38.6 Å². The number of aliphatic imine (C=N–C) groups is 1. The monoisotopic (exact) mass is 514 g/mol. The summed E-state index contributed by atoms with van der Waals surface area (Å²) >= 11 is 0. The second-order valence-corrected chi connectivity index (χ2v) is 8.18. The molecule has 1 aromatic rings. The molecule has 10 heteroatoms. The zero-order valence-electron chi connectivity index (χ0n) is 17.2. The normalized spacial score (nSPS) is 12.1. The van der Waals surface area contributed by atoms with Crippen LogP contribution >= 0.6 is 24.0 Å². The van der Waals surface area contributed by atoms with Gasteiger partial charge in [0.1, 0.15) is 0 Å². The topological polar surface area (TPSA) is 91.6 Å². The first-order valence-electron chi connectivity index (χ1n) is 9.35. The van der Waals surface area contributed by atoms with E-state index < -0.39 is 10.0 Å². The van der Waals surface area contributed by atoms with E-state index >= 15 is 0 Å². The third-order valence-electron chi connectivity index (χ3n) is 4.00. The van der Waals surface area contributed by atoms with Crippen molar-refractivity contribution in [2.45, 2.75) is 47.6 Å².